The topological polar surface area (TPSA) is 86.7 Å². The Morgan fingerprint density at radius 2 is 1.68 bits per heavy atom. The lowest BCUT2D eigenvalue weighted by molar-refractivity contribution is -0.138. The molecule has 2 amide bonds. The van der Waals surface area contributed by atoms with Crippen LogP contribution in [0.2, 0.25) is 0 Å². The van der Waals surface area contributed by atoms with Crippen LogP contribution < -0.4 is 5.32 Å². The van der Waals surface area contributed by atoms with Gasteiger partial charge in [0.05, 0.1) is 12.5 Å². The molecular weight excluding hydrogens is 344 g/mol. The number of nitrogens with zero attached hydrogens (tertiary/aromatic N) is 1. The second-order valence-corrected chi connectivity index (χ2v) is 6.61. The lowest BCUT2D eigenvalue weighted by atomic mass is 9.86. The summed E-state index contributed by atoms with van der Waals surface area (Å²) in [5.41, 5.74) is 2.19. The Morgan fingerprint density at radius 1 is 1.08 bits per heavy atom. The first-order valence-electron chi connectivity index (χ1n) is 8.40. The molecule has 1 aromatic rings. The number of halogens is 1. The van der Waals surface area contributed by atoms with Gasteiger partial charge in [0.2, 0.25) is 11.8 Å². The fourth-order valence-corrected chi connectivity index (χ4v) is 3.63. The molecule has 136 valence electrons. The summed E-state index contributed by atoms with van der Waals surface area (Å²) >= 11 is 0. The van der Waals surface area contributed by atoms with E-state index in [4.69, 9.17) is 5.11 Å². The Hall–Kier alpha value is -1.92. The maximum absolute atomic E-state index is 11.9. The number of carboxylic acid groups (broad SMARTS) is 1. The fraction of sp³-hybridized carbons (Fsp3) is 0.500. The Kier molecular flexibility index (Phi) is 6.56. The van der Waals surface area contributed by atoms with Crippen LogP contribution in [0, 0.1) is 0 Å². The summed E-state index contributed by atoms with van der Waals surface area (Å²) in [4.78, 5) is 35.9. The first-order chi connectivity index (χ1) is 11.5. The Balaban J connectivity index is 0.00000225. The van der Waals surface area contributed by atoms with Crippen molar-refractivity contribution in [3.8, 4) is 0 Å². The van der Waals surface area contributed by atoms with Crippen LogP contribution in [0.3, 0.4) is 0 Å². The first kappa shape index (κ1) is 19.4. The lowest BCUT2D eigenvalue weighted by Crippen LogP contribution is -2.39. The lowest BCUT2D eigenvalue weighted by Gasteiger charge is -2.31. The number of nitrogens with one attached hydrogen (secondary N) is 1. The number of imide groups is 1. The quantitative estimate of drug-likeness (QED) is 0.795. The zero-order chi connectivity index (χ0) is 17.1. The molecule has 0 bridgehead atoms. The summed E-state index contributed by atoms with van der Waals surface area (Å²) < 4.78 is 0. The van der Waals surface area contributed by atoms with Crippen molar-refractivity contribution in [3.05, 3.63) is 35.4 Å². The number of carboxylic acids is 1. The molecule has 0 unspecified atom stereocenters. The second-order valence-electron chi connectivity index (χ2n) is 6.61. The van der Waals surface area contributed by atoms with Gasteiger partial charge in [-0.05, 0) is 49.4 Å². The Morgan fingerprint density at radius 3 is 2.24 bits per heavy atom. The van der Waals surface area contributed by atoms with Crippen LogP contribution in [0.15, 0.2) is 24.3 Å². The van der Waals surface area contributed by atoms with E-state index in [1.807, 2.05) is 17.0 Å². The van der Waals surface area contributed by atoms with E-state index in [-0.39, 0.29) is 36.7 Å². The smallest absolute Gasteiger partial charge is 0.317 e. The van der Waals surface area contributed by atoms with Gasteiger partial charge >= 0.3 is 5.97 Å². The van der Waals surface area contributed by atoms with E-state index in [0.29, 0.717) is 18.8 Å². The highest BCUT2D eigenvalue weighted by molar-refractivity contribution is 6.00. The van der Waals surface area contributed by atoms with Gasteiger partial charge in [0.15, 0.2) is 0 Å². The van der Waals surface area contributed by atoms with E-state index >= 15 is 0 Å². The summed E-state index contributed by atoms with van der Waals surface area (Å²) in [7, 11) is 0. The Labute approximate surface area is 153 Å². The minimum absolute atomic E-state index is 0. The van der Waals surface area contributed by atoms with Gasteiger partial charge in [-0.1, -0.05) is 24.3 Å². The van der Waals surface area contributed by atoms with E-state index in [2.05, 4.69) is 17.4 Å². The predicted molar refractivity (Wildman–Crippen MR) is 94.9 cm³/mol. The SMILES string of the molecule is Cl.O=C(O)CN1CCC(c2ccc([C@H]3CCC(=O)NC3=O)cc2)CC1. The molecule has 2 aliphatic rings. The van der Waals surface area contributed by atoms with Crippen molar-refractivity contribution in [1.29, 1.82) is 0 Å². The third kappa shape index (κ3) is 4.80. The number of hydrogen-bond acceptors (Lipinski definition) is 4. The highest BCUT2D eigenvalue weighted by Gasteiger charge is 2.28. The van der Waals surface area contributed by atoms with Crippen molar-refractivity contribution in [2.45, 2.75) is 37.5 Å². The standard InChI is InChI=1S/C18H22N2O4.ClH/c21-16-6-5-15(18(24)19-16)14-3-1-12(2-4-14)13-7-9-20(10-8-13)11-17(22)23;/h1-4,13,15H,5-11H2,(H,22,23)(H,19,21,24);1H/t15-;/m1./s1. The maximum Gasteiger partial charge on any atom is 0.317 e. The zero-order valence-electron chi connectivity index (χ0n) is 13.9. The average Bonchev–Trinajstić information content (AvgIpc) is 2.55. The van der Waals surface area contributed by atoms with Crippen LogP contribution in [-0.2, 0) is 14.4 Å². The molecular formula is C18H23ClN2O4. The van der Waals surface area contributed by atoms with Gasteiger partial charge in [0.25, 0.3) is 0 Å². The molecule has 0 aromatic heterocycles. The minimum Gasteiger partial charge on any atom is -0.480 e. The number of amides is 2. The fourth-order valence-electron chi connectivity index (χ4n) is 3.63. The van der Waals surface area contributed by atoms with Crippen LogP contribution in [0.25, 0.3) is 0 Å². The number of aliphatic carboxylic acids is 1. The molecule has 2 heterocycles. The number of carbonyl (C=O) groups excluding carboxylic acids is 2. The van der Waals surface area contributed by atoms with E-state index in [1.165, 1.54) is 5.56 Å². The minimum atomic E-state index is -0.776. The van der Waals surface area contributed by atoms with Gasteiger partial charge in [0, 0.05) is 6.42 Å². The predicted octanol–water partition coefficient (Wildman–Crippen LogP) is 1.89. The largest absolute Gasteiger partial charge is 0.480 e. The molecule has 1 atom stereocenters. The van der Waals surface area contributed by atoms with Gasteiger partial charge in [0.1, 0.15) is 0 Å². The van der Waals surface area contributed by atoms with Crippen LogP contribution in [-0.4, -0.2) is 47.4 Å². The van der Waals surface area contributed by atoms with E-state index < -0.39 is 5.97 Å². The molecule has 0 saturated carbocycles. The van der Waals surface area contributed by atoms with Gasteiger partial charge < -0.3 is 5.11 Å². The van der Waals surface area contributed by atoms with Crippen LogP contribution in [0.4, 0.5) is 0 Å². The second kappa shape index (κ2) is 8.45. The number of carbonyl (C=O) groups is 3. The summed E-state index contributed by atoms with van der Waals surface area (Å²) in [6.07, 6.45) is 2.86. The molecule has 2 fully saturated rings. The van der Waals surface area contributed by atoms with Gasteiger partial charge in [-0.3, -0.25) is 24.6 Å². The van der Waals surface area contributed by atoms with Crippen molar-refractivity contribution in [2.75, 3.05) is 19.6 Å². The molecule has 2 N–H and O–H groups in total. The van der Waals surface area contributed by atoms with Crippen molar-refractivity contribution in [2.24, 2.45) is 0 Å². The monoisotopic (exact) mass is 366 g/mol. The summed E-state index contributed by atoms with van der Waals surface area (Å²) in [6, 6.07) is 8.10. The third-order valence-electron chi connectivity index (χ3n) is 5.00. The van der Waals surface area contributed by atoms with Crippen LogP contribution >= 0.6 is 12.4 Å². The molecule has 7 heteroatoms. The van der Waals surface area contributed by atoms with Crippen LogP contribution in [0.1, 0.15) is 48.6 Å². The van der Waals surface area contributed by atoms with Crippen molar-refractivity contribution < 1.29 is 19.5 Å². The number of rotatable bonds is 4. The normalized spacial score (nSPS) is 22.2. The summed E-state index contributed by atoms with van der Waals surface area (Å²) in [5, 5.41) is 11.2. The number of hydrogen-bond donors (Lipinski definition) is 2. The highest BCUT2D eigenvalue weighted by atomic mass is 35.5. The molecule has 3 rings (SSSR count). The third-order valence-corrected chi connectivity index (χ3v) is 5.00. The first-order valence-corrected chi connectivity index (χ1v) is 8.40. The number of piperidine rings is 2. The highest BCUT2D eigenvalue weighted by Crippen LogP contribution is 2.30. The molecule has 2 saturated heterocycles. The van der Waals surface area contributed by atoms with E-state index in [9.17, 15) is 14.4 Å². The van der Waals surface area contributed by atoms with Gasteiger partial charge in [-0.2, -0.15) is 0 Å². The molecule has 2 aliphatic heterocycles. The number of benzene rings is 1. The summed E-state index contributed by atoms with van der Waals surface area (Å²) in [5.74, 6) is -0.982. The molecule has 0 radical (unpaired) electrons. The summed E-state index contributed by atoms with van der Waals surface area (Å²) in [6.45, 7) is 1.71. The average molecular weight is 367 g/mol. The van der Waals surface area contributed by atoms with Crippen LogP contribution in [0.5, 0.6) is 0 Å². The Bertz CT molecular complexity index is 639. The molecule has 0 spiro atoms. The zero-order valence-corrected chi connectivity index (χ0v) is 14.8. The van der Waals surface area contributed by atoms with E-state index in [0.717, 1.165) is 31.5 Å². The molecule has 25 heavy (non-hydrogen) atoms. The van der Waals surface area contributed by atoms with Gasteiger partial charge in [-0.25, -0.2) is 0 Å². The number of likely N-dealkylation sites (tertiary alicyclic amines) is 1. The van der Waals surface area contributed by atoms with E-state index in [1.54, 1.807) is 0 Å². The molecule has 0 aliphatic carbocycles. The van der Waals surface area contributed by atoms with Crippen molar-refractivity contribution in [3.63, 3.8) is 0 Å². The maximum atomic E-state index is 11.9. The molecule has 6 nitrogen and oxygen atoms in total. The van der Waals surface area contributed by atoms with Crippen molar-refractivity contribution in [1.82, 2.24) is 10.2 Å². The van der Waals surface area contributed by atoms with Crippen molar-refractivity contribution >= 4 is 30.2 Å². The molecule has 1 aromatic carbocycles. The van der Waals surface area contributed by atoms with Gasteiger partial charge in [-0.15, -0.1) is 12.4 Å².